The number of hydrogen-bond donors (Lipinski definition) is 1. The quantitative estimate of drug-likeness (QED) is 0.522. The van der Waals surface area contributed by atoms with Gasteiger partial charge < -0.3 is 10.5 Å². The van der Waals surface area contributed by atoms with Crippen molar-refractivity contribution >= 4 is 27.5 Å². The molecule has 2 aromatic heterocycles. The van der Waals surface area contributed by atoms with Crippen molar-refractivity contribution in [2.24, 2.45) is 0 Å². The third-order valence-corrected chi connectivity index (χ3v) is 4.46. The molecule has 0 aliphatic rings. The number of imidazole rings is 1. The molecule has 0 fully saturated rings. The maximum Gasteiger partial charge on any atom is 0.248 e. The third kappa shape index (κ3) is 2.55. The van der Waals surface area contributed by atoms with Crippen LogP contribution in [-0.2, 0) is 0 Å². The molecule has 0 amide bonds. The Morgan fingerprint density at radius 1 is 0.815 bits per heavy atom. The Kier molecular flexibility index (Phi) is 3.47. The van der Waals surface area contributed by atoms with Gasteiger partial charge in [-0.3, -0.25) is 4.57 Å². The Balaban J connectivity index is 1.61. The van der Waals surface area contributed by atoms with Crippen LogP contribution < -0.4 is 10.5 Å². The summed E-state index contributed by atoms with van der Waals surface area (Å²) in [6, 6.07) is 21.7. The van der Waals surface area contributed by atoms with Gasteiger partial charge in [0.05, 0.1) is 11.0 Å². The lowest BCUT2D eigenvalue weighted by atomic mass is 10.1. The number of nitrogens with two attached hydrogens (primary N) is 1. The van der Waals surface area contributed by atoms with E-state index in [1.807, 2.05) is 71.3 Å². The number of benzene rings is 3. The van der Waals surface area contributed by atoms with Crippen LogP contribution in [0.15, 0.2) is 79.4 Å². The largest absolute Gasteiger partial charge is 0.436 e. The predicted octanol–water partition coefficient (Wildman–Crippen LogP) is 4.34. The SMILES string of the molecule is Nc1c(Oc2cccc3ccccc23)ncnc1-n1cnc2ccccc21. The fraction of sp³-hybridized carbons (Fsp3) is 0. The van der Waals surface area contributed by atoms with Gasteiger partial charge in [0, 0.05) is 5.39 Å². The van der Waals surface area contributed by atoms with Crippen LogP contribution in [0.4, 0.5) is 5.69 Å². The molecule has 0 aliphatic carbocycles. The standard InChI is InChI=1S/C21H15N5O/c22-19-20(26-13-25-16-9-3-4-10-17(16)26)23-12-24-21(19)27-18-11-5-7-14-6-1-2-8-15(14)18/h1-13H,22H2. The van der Waals surface area contributed by atoms with Gasteiger partial charge in [-0.1, -0.05) is 48.5 Å². The lowest BCUT2D eigenvalue weighted by Crippen LogP contribution is -2.05. The minimum atomic E-state index is 0.314. The minimum Gasteiger partial charge on any atom is -0.436 e. The fourth-order valence-corrected chi connectivity index (χ4v) is 3.16. The van der Waals surface area contributed by atoms with E-state index < -0.39 is 0 Å². The van der Waals surface area contributed by atoms with Crippen LogP contribution in [0.25, 0.3) is 27.6 Å². The summed E-state index contributed by atoms with van der Waals surface area (Å²) < 4.78 is 7.90. The van der Waals surface area contributed by atoms with Gasteiger partial charge in [-0.2, -0.15) is 4.98 Å². The van der Waals surface area contributed by atoms with E-state index in [0.29, 0.717) is 23.1 Å². The molecular weight excluding hydrogens is 338 g/mol. The van der Waals surface area contributed by atoms with Gasteiger partial charge in [-0.15, -0.1) is 0 Å². The smallest absolute Gasteiger partial charge is 0.248 e. The van der Waals surface area contributed by atoms with E-state index in [1.54, 1.807) is 6.33 Å². The first-order valence-corrected chi connectivity index (χ1v) is 8.50. The van der Waals surface area contributed by atoms with Crippen LogP contribution >= 0.6 is 0 Å². The summed E-state index contributed by atoms with van der Waals surface area (Å²) in [5.41, 5.74) is 8.50. The van der Waals surface area contributed by atoms with Crippen molar-refractivity contribution in [2.75, 3.05) is 5.73 Å². The van der Waals surface area contributed by atoms with Crippen LogP contribution in [0.5, 0.6) is 11.6 Å². The second kappa shape index (κ2) is 6.10. The molecule has 0 radical (unpaired) electrons. The first-order valence-electron chi connectivity index (χ1n) is 8.50. The summed E-state index contributed by atoms with van der Waals surface area (Å²) in [5, 5.41) is 2.08. The predicted molar refractivity (Wildman–Crippen MR) is 105 cm³/mol. The molecule has 130 valence electrons. The second-order valence-corrected chi connectivity index (χ2v) is 6.10. The van der Waals surface area contributed by atoms with E-state index in [1.165, 1.54) is 6.33 Å². The van der Waals surface area contributed by atoms with Crippen molar-refractivity contribution in [3.8, 4) is 17.4 Å². The zero-order chi connectivity index (χ0) is 18.2. The molecule has 3 aromatic carbocycles. The molecule has 0 unspecified atom stereocenters. The van der Waals surface area contributed by atoms with Gasteiger partial charge in [-0.25, -0.2) is 9.97 Å². The number of aromatic nitrogens is 4. The Morgan fingerprint density at radius 3 is 2.59 bits per heavy atom. The van der Waals surface area contributed by atoms with E-state index in [0.717, 1.165) is 21.8 Å². The first-order chi connectivity index (χ1) is 13.3. The number of rotatable bonds is 3. The number of fused-ring (bicyclic) bond motifs is 2. The molecule has 6 nitrogen and oxygen atoms in total. The number of para-hydroxylation sites is 2. The van der Waals surface area contributed by atoms with E-state index in [9.17, 15) is 0 Å². The average Bonchev–Trinajstić information content (AvgIpc) is 3.14. The number of anilines is 1. The van der Waals surface area contributed by atoms with Crippen LogP contribution in [0.2, 0.25) is 0 Å². The molecular formula is C21H15N5O. The van der Waals surface area contributed by atoms with Crippen LogP contribution in [-0.4, -0.2) is 19.5 Å². The van der Waals surface area contributed by atoms with Crippen LogP contribution in [0.1, 0.15) is 0 Å². The van der Waals surface area contributed by atoms with Gasteiger partial charge in [0.2, 0.25) is 5.88 Å². The van der Waals surface area contributed by atoms with E-state index in [-0.39, 0.29) is 0 Å². The molecule has 6 heteroatoms. The molecule has 0 saturated heterocycles. The Morgan fingerprint density at radius 2 is 1.63 bits per heavy atom. The lowest BCUT2D eigenvalue weighted by Gasteiger charge is -2.12. The summed E-state index contributed by atoms with van der Waals surface area (Å²) in [6.07, 6.45) is 3.14. The molecule has 27 heavy (non-hydrogen) atoms. The molecule has 2 N–H and O–H groups in total. The van der Waals surface area contributed by atoms with Crippen LogP contribution in [0.3, 0.4) is 0 Å². The maximum atomic E-state index is 6.36. The zero-order valence-electron chi connectivity index (χ0n) is 14.3. The summed E-state index contributed by atoms with van der Waals surface area (Å²) in [4.78, 5) is 13.0. The molecule has 2 heterocycles. The van der Waals surface area contributed by atoms with Crippen molar-refractivity contribution in [1.82, 2.24) is 19.5 Å². The molecule has 5 rings (SSSR count). The number of hydrogen-bond acceptors (Lipinski definition) is 5. The summed E-state index contributed by atoms with van der Waals surface area (Å²) in [6.45, 7) is 0. The van der Waals surface area contributed by atoms with E-state index in [2.05, 4.69) is 15.0 Å². The molecule has 0 saturated carbocycles. The van der Waals surface area contributed by atoms with E-state index >= 15 is 0 Å². The van der Waals surface area contributed by atoms with Gasteiger partial charge in [0.1, 0.15) is 24.1 Å². The van der Waals surface area contributed by atoms with Crippen LogP contribution in [0, 0.1) is 0 Å². The third-order valence-electron chi connectivity index (χ3n) is 4.46. The van der Waals surface area contributed by atoms with Crippen molar-refractivity contribution in [1.29, 1.82) is 0 Å². The highest BCUT2D eigenvalue weighted by atomic mass is 16.5. The minimum absolute atomic E-state index is 0.314. The monoisotopic (exact) mass is 353 g/mol. The summed E-state index contributed by atoms with van der Waals surface area (Å²) in [5.74, 6) is 1.54. The molecule has 0 spiro atoms. The number of nitrogen functional groups attached to an aromatic ring is 1. The highest BCUT2D eigenvalue weighted by Gasteiger charge is 2.15. The lowest BCUT2D eigenvalue weighted by molar-refractivity contribution is 0.469. The molecule has 0 bridgehead atoms. The van der Waals surface area contributed by atoms with Gasteiger partial charge in [-0.05, 0) is 23.6 Å². The number of ether oxygens (including phenoxy) is 1. The zero-order valence-corrected chi connectivity index (χ0v) is 14.3. The first kappa shape index (κ1) is 15.3. The highest BCUT2D eigenvalue weighted by Crippen LogP contribution is 2.33. The van der Waals surface area contributed by atoms with Gasteiger partial charge >= 0.3 is 0 Å². The molecule has 5 aromatic rings. The van der Waals surface area contributed by atoms with E-state index in [4.69, 9.17) is 10.5 Å². The number of nitrogens with zero attached hydrogens (tertiary/aromatic N) is 4. The Bertz CT molecular complexity index is 1270. The summed E-state index contributed by atoms with van der Waals surface area (Å²) in [7, 11) is 0. The molecule has 0 atom stereocenters. The maximum absolute atomic E-state index is 6.36. The Labute approximate surface area is 154 Å². The van der Waals surface area contributed by atoms with Gasteiger partial charge in [0.25, 0.3) is 0 Å². The Hall–Kier alpha value is -3.93. The summed E-state index contributed by atoms with van der Waals surface area (Å²) >= 11 is 0. The normalized spacial score (nSPS) is 11.1. The van der Waals surface area contributed by atoms with Crippen molar-refractivity contribution in [3.63, 3.8) is 0 Å². The highest BCUT2D eigenvalue weighted by molar-refractivity contribution is 5.88. The van der Waals surface area contributed by atoms with Crippen molar-refractivity contribution in [3.05, 3.63) is 79.4 Å². The average molecular weight is 353 g/mol. The topological polar surface area (TPSA) is 78.9 Å². The van der Waals surface area contributed by atoms with Gasteiger partial charge in [0.15, 0.2) is 5.82 Å². The molecule has 0 aliphatic heterocycles. The second-order valence-electron chi connectivity index (χ2n) is 6.10. The van der Waals surface area contributed by atoms with Crippen molar-refractivity contribution < 1.29 is 4.74 Å². The van der Waals surface area contributed by atoms with Crippen molar-refractivity contribution in [2.45, 2.75) is 0 Å². The fourth-order valence-electron chi connectivity index (χ4n) is 3.16.